The van der Waals surface area contributed by atoms with Gasteiger partial charge >= 0.3 is 0 Å². The van der Waals surface area contributed by atoms with Crippen molar-refractivity contribution < 1.29 is 27.4 Å². The van der Waals surface area contributed by atoms with Crippen LogP contribution in [0.3, 0.4) is 0 Å². The summed E-state index contributed by atoms with van der Waals surface area (Å²) in [5.74, 6) is 0.312. The molecule has 1 aliphatic rings. The van der Waals surface area contributed by atoms with Gasteiger partial charge in [-0.3, -0.25) is 0 Å². The predicted octanol–water partition coefficient (Wildman–Crippen LogP) is 1.66. The zero-order chi connectivity index (χ0) is 18.7. The van der Waals surface area contributed by atoms with Gasteiger partial charge in [-0.25, -0.2) is 8.42 Å². The fraction of sp³-hybridized carbons (Fsp3) is 0.647. The molecule has 1 saturated heterocycles. The highest BCUT2D eigenvalue weighted by molar-refractivity contribution is 7.89. The van der Waals surface area contributed by atoms with Gasteiger partial charge in [0.05, 0.1) is 32.0 Å². The van der Waals surface area contributed by atoms with Crippen molar-refractivity contribution in [2.75, 3.05) is 41.0 Å². The number of benzene rings is 1. The fourth-order valence-electron chi connectivity index (χ4n) is 3.02. The van der Waals surface area contributed by atoms with E-state index in [2.05, 4.69) is 0 Å². The largest absolute Gasteiger partial charge is 0.495 e. The Morgan fingerprint density at radius 3 is 2.56 bits per heavy atom. The summed E-state index contributed by atoms with van der Waals surface area (Å²) in [7, 11) is 0.847. The summed E-state index contributed by atoms with van der Waals surface area (Å²) < 4.78 is 49.4. The Bertz CT molecular complexity index is 688. The number of rotatable bonds is 7. The van der Waals surface area contributed by atoms with Gasteiger partial charge in [0.25, 0.3) is 0 Å². The van der Waals surface area contributed by atoms with E-state index in [0.717, 1.165) is 5.56 Å². The molecule has 1 heterocycles. The van der Waals surface area contributed by atoms with Crippen LogP contribution < -0.4 is 4.74 Å². The van der Waals surface area contributed by atoms with Gasteiger partial charge in [-0.15, -0.1) is 0 Å². The molecule has 25 heavy (non-hydrogen) atoms. The van der Waals surface area contributed by atoms with Gasteiger partial charge in [0.1, 0.15) is 10.6 Å². The van der Waals surface area contributed by atoms with Crippen LogP contribution in [0.4, 0.5) is 0 Å². The Morgan fingerprint density at radius 1 is 1.24 bits per heavy atom. The molecule has 0 N–H and O–H groups in total. The van der Waals surface area contributed by atoms with Gasteiger partial charge in [-0.1, -0.05) is 6.07 Å². The molecule has 0 aromatic heterocycles. The van der Waals surface area contributed by atoms with Gasteiger partial charge in [0.15, 0.2) is 0 Å². The monoisotopic (exact) mass is 373 g/mol. The summed E-state index contributed by atoms with van der Waals surface area (Å²) >= 11 is 0. The van der Waals surface area contributed by atoms with E-state index in [9.17, 15) is 8.42 Å². The van der Waals surface area contributed by atoms with Crippen molar-refractivity contribution >= 4 is 10.0 Å². The first-order valence-corrected chi connectivity index (χ1v) is 9.50. The molecule has 0 aliphatic carbocycles. The molecular weight excluding hydrogens is 346 g/mol. The number of hydrogen-bond donors (Lipinski definition) is 0. The summed E-state index contributed by atoms with van der Waals surface area (Å²) in [6.45, 7) is 4.89. The molecule has 1 atom stereocenters. The number of hydrogen-bond acceptors (Lipinski definition) is 6. The van der Waals surface area contributed by atoms with Crippen molar-refractivity contribution in [1.29, 1.82) is 0 Å². The molecule has 142 valence electrons. The van der Waals surface area contributed by atoms with E-state index < -0.39 is 15.6 Å². The second kappa shape index (κ2) is 8.01. The molecule has 0 amide bonds. The van der Waals surface area contributed by atoms with Crippen molar-refractivity contribution in [1.82, 2.24) is 4.31 Å². The number of morpholine rings is 1. The Balaban J connectivity index is 2.41. The molecular formula is C17H27NO6S. The molecule has 7 nitrogen and oxygen atoms in total. The van der Waals surface area contributed by atoms with Gasteiger partial charge in [-0.05, 0) is 31.5 Å². The van der Waals surface area contributed by atoms with E-state index in [0.29, 0.717) is 19.0 Å². The smallest absolute Gasteiger partial charge is 0.246 e. The van der Waals surface area contributed by atoms with Crippen LogP contribution in [0.2, 0.25) is 0 Å². The first-order valence-electron chi connectivity index (χ1n) is 8.06. The normalized spacial score (nSPS) is 21.2. The predicted molar refractivity (Wildman–Crippen MR) is 93.3 cm³/mol. The highest BCUT2D eigenvalue weighted by Gasteiger charge is 2.40. The maximum Gasteiger partial charge on any atom is 0.246 e. The fourth-order valence-corrected chi connectivity index (χ4v) is 4.84. The van der Waals surface area contributed by atoms with Crippen LogP contribution in [0, 0.1) is 0 Å². The molecule has 0 radical (unpaired) electrons. The van der Waals surface area contributed by atoms with Crippen LogP contribution in [0.15, 0.2) is 23.1 Å². The molecule has 1 aromatic carbocycles. The summed E-state index contributed by atoms with van der Waals surface area (Å²) in [4.78, 5) is 0.137. The van der Waals surface area contributed by atoms with E-state index >= 15 is 0 Å². The SMILES string of the molecule is COCc1ccc(OC)c(S(=O)(=O)N2CC(COC)OC(C)(C)C2)c1. The first-order chi connectivity index (χ1) is 11.7. The van der Waals surface area contributed by atoms with Crippen molar-refractivity contribution in [3.63, 3.8) is 0 Å². The van der Waals surface area contributed by atoms with E-state index in [1.54, 1.807) is 32.4 Å². The number of nitrogens with zero attached hydrogens (tertiary/aromatic N) is 1. The lowest BCUT2D eigenvalue weighted by atomic mass is 10.1. The minimum Gasteiger partial charge on any atom is -0.495 e. The molecule has 1 aromatic rings. The van der Waals surface area contributed by atoms with E-state index in [4.69, 9.17) is 18.9 Å². The van der Waals surface area contributed by atoms with Gasteiger partial charge < -0.3 is 18.9 Å². The third-order valence-corrected chi connectivity index (χ3v) is 5.79. The van der Waals surface area contributed by atoms with Crippen molar-refractivity contribution in [3.8, 4) is 5.75 Å². The van der Waals surface area contributed by atoms with E-state index in [1.165, 1.54) is 11.4 Å². The zero-order valence-electron chi connectivity index (χ0n) is 15.4. The summed E-state index contributed by atoms with van der Waals surface area (Å²) in [6.07, 6.45) is -0.323. The third-order valence-electron chi connectivity index (χ3n) is 3.96. The van der Waals surface area contributed by atoms with E-state index in [1.807, 2.05) is 13.8 Å². The molecule has 1 fully saturated rings. The second-order valence-electron chi connectivity index (χ2n) is 6.67. The quantitative estimate of drug-likeness (QED) is 0.724. The van der Waals surface area contributed by atoms with Crippen LogP contribution in [0.1, 0.15) is 19.4 Å². The molecule has 8 heteroatoms. The minimum absolute atomic E-state index is 0.137. The molecule has 1 aliphatic heterocycles. The Labute approximate surface area is 149 Å². The van der Waals surface area contributed by atoms with Gasteiger partial charge in [0, 0.05) is 27.3 Å². The molecule has 0 bridgehead atoms. The lowest BCUT2D eigenvalue weighted by molar-refractivity contribution is -0.135. The van der Waals surface area contributed by atoms with E-state index in [-0.39, 0.29) is 24.1 Å². The summed E-state index contributed by atoms with van der Waals surface area (Å²) in [5.41, 5.74) is 0.161. The Hall–Kier alpha value is -1.19. The van der Waals surface area contributed by atoms with Crippen LogP contribution >= 0.6 is 0 Å². The van der Waals surface area contributed by atoms with Crippen LogP contribution in [0.25, 0.3) is 0 Å². The molecule has 1 unspecified atom stereocenters. The van der Waals surface area contributed by atoms with Gasteiger partial charge in [-0.2, -0.15) is 4.31 Å². The maximum atomic E-state index is 13.3. The summed E-state index contributed by atoms with van der Waals surface area (Å²) in [6, 6.07) is 5.04. The lowest BCUT2D eigenvalue weighted by Crippen LogP contribution is -2.55. The number of methoxy groups -OCH3 is 3. The minimum atomic E-state index is -3.75. The Kier molecular flexibility index (Phi) is 6.45. The number of ether oxygens (including phenoxy) is 4. The average Bonchev–Trinajstić information content (AvgIpc) is 2.54. The maximum absolute atomic E-state index is 13.3. The highest BCUT2D eigenvalue weighted by atomic mass is 32.2. The lowest BCUT2D eigenvalue weighted by Gasteiger charge is -2.41. The van der Waals surface area contributed by atoms with Gasteiger partial charge in [0.2, 0.25) is 10.0 Å². The van der Waals surface area contributed by atoms with Crippen molar-refractivity contribution in [3.05, 3.63) is 23.8 Å². The third kappa shape index (κ3) is 4.71. The molecule has 0 saturated carbocycles. The first kappa shape index (κ1) is 20.1. The Morgan fingerprint density at radius 2 is 1.96 bits per heavy atom. The summed E-state index contributed by atoms with van der Waals surface area (Å²) in [5, 5.41) is 0. The zero-order valence-corrected chi connectivity index (χ0v) is 16.3. The van der Waals surface area contributed by atoms with Crippen LogP contribution in [-0.2, 0) is 30.8 Å². The van der Waals surface area contributed by atoms with Crippen LogP contribution in [-0.4, -0.2) is 65.5 Å². The molecule has 2 rings (SSSR count). The standard InChI is InChI=1S/C17H27NO6S/c1-17(2)12-18(9-14(24-17)11-22-4)25(19,20)16-8-13(10-21-3)6-7-15(16)23-5/h6-8,14H,9-12H2,1-5H3. The highest BCUT2D eigenvalue weighted by Crippen LogP contribution is 2.32. The molecule has 0 spiro atoms. The average molecular weight is 373 g/mol. The second-order valence-corrected chi connectivity index (χ2v) is 8.58. The van der Waals surface area contributed by atoms with Crippen molar-refractivity contribution in [2.45, 2.75) is 37.1 Å². The van der Waals surface area contributed by atoms with Crippen molar-refractivity contribution in [2.24, 2.45) is 0 Å². The number of sulfonamides is 1. The van der Waals surface area contributed by atoms with Crippen LogP contribution in [0.5, 0.6) is 5.75 Å². The topological polar surface area (TPSA) is 74.3 Å².